The van der Waals surface area contributed by atoms with Crippen molar-refractivity contribution >= 4 is 6.09 Å². The van der Waals surface area contributed by atoms with Gasteiger partial charge in [-0.15, -0.1) is 0 Å². The van der Waals surface area contributed by atoms with Crippen molar-refractivity contribution in [3.05, 3.63) is 29.8 Å². The van der Waals surface area contributed by atoms with Gasteiger partial charge in [-0.3, -0.25) is 0 Å². The summed E-state index contributed by atoms with van der Waals surface area (Å²) in [6, 6.07) is 7.11. The molecule has 0 aliphatic carbocycles. The third-order valence-electron chi connectivity index (χ3n) is 2.58. The first-order valence-electron chi connectivity index (χ1n) is 6.57. The number of hydrogen-bond donors (Lipinski definition) is 2. The summed E-state index contributed by atoms with van der Waals surface area (Å²) in [7, 11) is 1.61. The van der Waals surface area contributed by atoms with Crippen LogP contribution in [0.5, 0.6) is 5.75 Å². The molecule has 0 aliphatic heterocycles. The van der Waals surface area contributed by atoms with E-state index >= 15 is 0 Å². The first kappa shape index (κ1) is 16.3. The van der Waals surface area contributed by atoms with E-state index in [2.05, 4.69) is 5.32 Å². The minimum Gasteiger partial charge on any atom is -0.497 e. The van der Waals surface area contributed by atoms with Gasteiger partial charge in [-0.05, 0) is 44.9 Å². The molecule has 0 bridgehead atoms. The van der Waals surface area contributed by atoms with Gasteiger partial charge >= 0.3 is 6.09 Å². The standard InChI is InChI=1S/C15H23NO4/c1-15(2,3)20-14(18)16-12(10-17)9-11-5-7-13(19-4)8-6-11/h5-8,12,17H,9-10H2,1-4H3,(H,16,18)/t12-/m0/s1. The Balaban J connectivity index is 2.55. The van der Waals surface area contributed by atoms with Crippen molar-refractivity contribution in [2.24, 2.45) is 0 Å². The van der Waals surface area contributed by atoms with Gasteiger partial charge in [0, 0.05) is 0 Å². The van der Waals surface area contributed by atoms with Crippen molar-refractivity contribution in [1.82, 2.24) is 5.32 Å². The Morgan fingerprint density at radius 3 is 2.35 bits per heavy atom. The van der Waals surface area contributed by atoms with Crippen molar-refractivity contribution < 1.29 is 19.4 Å². The average Bonchev–Trinajstić information content (AvgIpc) is 2.36. The monoisotopic (exact) mass is 281 g/mol. The molecule has 0 saturated heterocycles. The predicted octanol–water partition coefficient (Wildman–Crippen LogP) is 2.12. The normalized spacial score (nSPS) is 12.7. The first-order chi connectivity index (χ1) is 9.34. The molecule has 0 aromatic heterocycles. The number of rotatable bonds is 5. The number of hydrogen-bond acceptors (Lipinski definition) is 4. The number of aliphatic hydroxyl groups excluding tert-OH is 1. The van der Waals surface area contributed by atoms with E-state index in [9.17, 15) is 9.90 Å². The number of methoxy groups -OCH3 is 1. The van der Waals surface area contributed by atoms with Gasteiger partial charge in [0.2, 0.25) is 0 Å². The fourth-order valence-corrected chi connectivity index (χ4v) is 1.68. The number of alkyl carbamates (subject to hydrolysis) is 1. The summed E-state index contributed by atoms with van der Waals surface area (Å²) in [5.41, 5.74) is 0.449. The molecule has 5 heteroatoms. The highest BCUT2D eigenvalue weighted by Gasteiger charge is 2.19. The van der Waals surface area contributed by atoms with E-state index in [-0.39, 0.29) is 12.6 Å². The first-order valence-corrected chi connectivity index (χ1v) is 6.57. The van der Waals surface area contributed by atoms with E-state index in [1.165, 1.54) is 0 Å². The Morgan fingerprint density at radius 2 is 1.90 bits per heavy atom. The fourth-order valence-electron chi connectivity index (χ4n) is 1.68. The quantitative estimate of drug-likeness (QED) is 0.867. The van der Waals surface area contributed by atoms with Crippen molar-refractivity contribution in [3.63, 3.8) is 0 Å². The molecule has 112 valence electrons. The minimum atomic E-state index is -0.551. The van der Waals surface area contributed by atoms with Gasteiger partial charge in [0.25, 0.3) is 0 Å². The van der Waals surface area contributed by atoms with Gasteiger partial charge in [-0.1, -0.05) is 12.1 Å². The van der Waals surface area contributed by atoms with E-state index in [1.54, 1.807) is 27.9 Å². The maximum atomic E-state index is 11.7. The van der Waals surface area contributed by atoms with Crippen LogP contribution in [-0.2, 0) is 11.2 Å². The molecule has 0 fully saturated rings. The molecule has 0 aliphatic rings. The van der Waals surface area contributed by atoms with Crippen molar-refractivity contribution in [1.29, 1.82) is 0 Å². The molecule has 0 spiro atoms. The third-order valence-corrected chi connectivity index (χ3v) is 2.58. The zero-order chi connectivity index (χ0) is 15.2. The van der Waals surface area contributed by atoms with Gasteiger partial charge in [0.05, 0.1) is 19.8 Å². The third kappa shape index (κ3) is 5.93. The van der Waals surface area contributed by atoms with Crippen LogP contribution in [0.2, 0.25) is 0 Å². The molecule has 1 atom stereocenters. The molecule has 2 N–H and O–H groups in total. The Hall–Kier alpha value is -1.75. The Bertz CT molecular complexity index is 422. The second kappa shape index (κ2) is 7.14. The fraction of sp³-hybridized carbons (Fsp3) is 0.533. The van der Waals surface area contributed by atoms with Gasteiger partial charge in [-0.25, -0.2) is 4.79 Å². The summed E-state index contributed by atoms with van der Waals surface area (Å²) in [5.74, 6) is 0.773. The van der Waals surface area contributed by atoms with E-state index in [1.807, 2.05) is 24.3 Å². The summed E-state index contributed by atoms with van der Waals surface area (Å²) in [6.07, 6.45) is 0.00443. The predicted molar refractivity (Wildman–Crippen MR) is 76.9 cm³/mol. The summed E-state index contributed by atoms with van der Waals surface area (Å²) in [4.78, 5) is 11.7. The van der Waals surface area contributed by atoms with Crippen LogP contribution < -0.4 is 10.1 Å². The highest BCUT2D eigenvalue weighted by molar-refractivity contribution is 5.68. The van der Waals surface area contributed by atoms with Crippen molar-refractivity contribution in [2.75, 3.05) is 13.7 Å². The topological polar surface area (TPSA) is 67.8 Å². The van der Waals surface area contributed by atoms with Gasteiger partial charge < -0.3 is 19.9 Å². The van der Waals surface area contributed by atoms with Crippen LogP contribution in [0.4, 0.5) is 4.79 Å². The summed E-state index contributed by atoms with van der Waals surface area (Å²) in [6.45, 7) is 5.24. The maximum Gasteiger partial charge on any atom is 0.407 e. The van der Waals surface area contributed by atoms with E-state index in [0.29, 0.717) is 6.42 Å². The lowest BCUT2D eigenvalue weighted by molar-refractivity contribution is 0.0483. The second-order valence-electron chi connectivity index (χ2n) is 5.58. The number of benzene rings is 1. The SMILES string of the molecule is COc1ccc(C[C@@H](CO)NC(=O)OC(C)(C)C)cc1. The zero-order valence-corrected chi connectivity index (χ0v) is 12.5. The maximum absolute atomic E-state index is 11.7. The molecule has 1 rings (SSSR count). The van der Waals surface area contributed by atoms with E-state index < -0.39 is 11.7 Å². The van der Waals surface area contributed by atoms with Crippen LogP contribution in [-0.4, -0.2) is 36.6 Å². The summed E-state index contributed by atoms with van der Waals surface area (Å²) in [5, 5.41) is 12.0. The van der Waals surface area contributed by atoms with Gasteiger partial charge in [-0.2, -0.15) is 0 Å². The zero-order valence-electron chi connectivity index (χ0n) is 12.5. The Labute approximate surface area is 119 Å². The smallest absolute Gasteiger partial charge is 0.407 e. The highest BCUT2D eigenvalue weighted by Crippen LogP contribution is 2.13. The second-order valence-corrected chi connectivity index (χ2v) is 5.58. The van der Waals surface area contributed by atoms with Crippen LogP contribution in [0.15, 0.2) is 24.3 Å². The molecule has 5 nitrogen and oxygen atoms in total. The molecule has 0 heterocycles. The molecule has 0 unspecified atom stereocenters. The lowest BCUT2D eigenvalue weighted by Crippen LogP contribution is -2.42. The lowest BCUT2D eigenvalue weighted by Gasteiger charge is -2.22. The molecule has 1 aromatic rings. The molecule has 0 radical (unpaired) electrons. The molecular formula is C15H23NO4. The Kier molecular flexibility index (Phi) is 5.82. The Morgan fingerprint density at radius 1 is 1.30 bits per heavy atom. The van der Waals surface area contributed by atoms with Crippen molar-refractivity contribution in [2.45, 2.75) is 38.8 Å². The van der Waals surface area contributed by atoms with Crippen LogP contribution >= 0.6 is 0 Å². The summed E-state index contributed by atoms with van der Waals surface area (Å²) >= 11 is 0. The number of carbonyl (C=O) groups is 1. The highest BCUT2D eigenvalue weighted by atomic mass is 16.6. The molecule has 1 aromatic carbocycles. The van der Waals surface area contributed by atoms with Gasteiger partial charge in [0.1, 0.15) is 11.4 Å². The number of ether oxygens (including phenoxy) is 2. The van der Waals surface area contributed by atoms with E-state index in [0.717, 1.165) is 11.3 Å². The van der Waals surface area contributed by atoms with Gasteiger partial charge in [0.15, 0.2) is 0 Å². The number of nitrogens with one attached hydrogen (secondary N) is 1. The molecule has 20 heavy (non-hydrogen) atoms. The van der Waals surface area contributed by atoms with Crippen molar-refractivity contribution in [3.8, 4) is 5.75 Å². The van der Waals surface area contributed by atoms with E-state index in [4.69, 9.17) is 9.47 Å². The number of amides is 1. The summed E-state index contributed by atoms with van der Waals surface area (Å²) < 4.78 is 10.2. The van der Waals surface area contributed by atoms with Crippen LogP contribution in [0, 0.1) is 0 Å². The van der Waals surface area contributed by atoms with Crippen LogP contribution in [0.25, 0.3) is 0 Å². The lowest BCUT2D eigenvalue weighted by atomic mass is 10.1. The number of carbonyl (C=O) groups excluding carboxylic acids is 1. The molecule has 0 saturated carbocycles. The van der Waals surface area contributed by atoms with Crippen LogP contribution in [0.3, 0.4) is 0 Å². The molecular weight excluding hydrogens is 258 g/mol. The average molecular weight is 281 g/mol. The van der Waals surface area contributed by atoms with Crippen LogP contribution in [0.1, 0.15) is 26.3 Å². The minimum absolute atomic E-state index is 0.148. The molecule has 1 amide bonds. The number of aliphatic hydroxyl groups is 1. The largest absolute Gasteiger partial charge is 0.497 e.